The number of fused-ring (bicyclic) bond motifs is 5. The Hall–Kier alpha value is -3.93. The molecule has 6 atom stereocenters. The van der Waals surface area contributed by atoms with Crippen LogP contribution in [-0.4, -0.2) is 65.2 Å². The molecule has 2 amide bonds. The van der Waals surface area contributed by atoms with Gasteiger partial charge >= 0.3 is 0 Å². The predicted molar refractivity (Wildman–Crippen MR) is 205 cm³/mol. The lowest BCUT2D eigenvalue weighted by molar-refractivity contribution is 0.0131. The van der Waals surface area contributed by atoms with Gasteiger partial charge in [-0.05, 0) is 117 Å². The molecule has 0 saturated heterocycles. The first-order valence-electron chi connectivity index (χ1n) is 18.9. The van der Waals surface area contributed by atoms with Crippen molar-refractivity contribution in [3.05, 3.63) is 93.8 Å². The summed E-state index contributed by atoms with van der Waals surface area (Å²) in [4.78, 5) is 42.6. The minimum atomic E-state index is -3.59. The quantitative estimate of drug-likeness (QED) is 0.281. The lowest BCUT2D eigenvalue weighted by Crippen LogP contribution is -2.49. The Bertz CT molecular complexity index is 2120. The molecule has 10 nitrogen and oxygen atoms in total. The summed E-state index contributed by atoms with van der Waals surface area (Å²) in [6.07, 6.45) is 13.0. The van der Waals surface area contributed by atoms with Crippen LogP contribution in [0.25, 0.3) is 0 Å². The van der Waals surface area contributed by atoms with Crippen molar-refractivity contribution in [3.8, 4) is 5.75 Å². The number of ether oxygens (including phenoxy) is 2. The van der Waals surface area contributed by atoms with Crippen LogP contribution in [0.4, 0.5) is 5.69 Å². The van der Waals surface area contributed by atoms with Crippen molar-refractivity contribution in [1.82, 2.24) is 9.29 Å². The third-order valence-electron chi connectivity index (χ3n) is 12.0. The lowest BCUT2D eigenvalue weighted by atomic mass is 9.68. The predicted octanol–water partition coefficient (Wildman–Crippen LogP) is 7.18. The van der Waals surface area contributed by atoms with Crippen LogP contribution in [0.2, 0.25) is 5.02 Å². The van der Waals surface area contributed by atoms with E-state index in [0.717, 1.165) is 55.1 Å². The topological polar surface area (TPSA) is 119 Å². The number of aryl methyl sites for hydroxylation is 2. The zero-order valence-corrected chi connectivity index (χ0v) is 31.9. The van der Waals surface area contributed by atoms with Gasteiger partial charge in [0, 0.05) is 54.5 Å². The maximum Gasteiger partial charge on any atom is 0.286 e. The van der Waals surface area contributed by atoms with Gasteiger partial charge in [0.25, 0.3) is 11.8 Å². The molecule has 3 aliphatic heterocycles. The summed E-state index contributed by atoms with van der Waals surface area (Å²) in [6, 6.07) is 13.2. The Morgan fingerprint density at radius 1 is 1.09 bits per heavy atom. The van der Waals surface area contributed by atoms with Crippen LogP contribution in [0.3, 0.4) is 0 Å². The Kier molecular flexibility index (Phi) is 9.78. The van der Waals surface area contributed by atoms with E-state index >= 15 is 0 Å². The smallest absolute Gasteiger partial charge is 0.286 e. The summed E-state index contributed by atoms with van der Waals surface area (Å²) in [5.41, 5.74) is 4.29. The minimum Gasteiger partial charge on any atom is -0.490 e. The second-order valence-electron chi connectivity index (χ2n) is 15.7. The number of halogens is 1. The molecule has 0 radical (unpaired) electrons. The molecule has 1 aromatic heterocycles. The highest BCUT2D eigenvalue weighted by Crippen LogP contribution is 2.47. The summed E-state index contributed by atoms with van der Waals surface area (Å²) in [5, 5.41) is 0.733. The number of carbonyl (C=O) groups is 3. The molecule has 1 saturated carbocycles. The molecule has 5 aliphatic rings. The summed E-state index contributed by atoms with van der Waals surface area (Å²) in [6.45, 7) is 3.90. The Morgan fingerprint density at radius 3 is 2.75 bits per heavy atom. The maximum absolute atomic E-state index is 14.7. The molecule has 12 heteroatoms. The van der Waals surface area contributed by atoms with Crippen LogP contribution in [0.1, 0.15) is 94.2 Å². The fraction of sp³-hybridized carbons (Fsp3) is 0.488. The van der Waals surface area contributed by atoms with E-state index < -0.39 is 21.7 Å². The Morgan fingerprint density at radius 2 is 1.96 bits per heavy atom. The van der Waals surface area contributed by atoms with Crippen molar-refractivity contribution in [3.63, 3.8) is 0 Å². The van der Waals surface area contributed by atoms with Gasteiger partial charge in [0.2, 0.25) is 5.91 Å². The van der Waals surface area contributed by atoms with Gasteiger partial charge in [-0.15, -0.1) is 4.36 Å². The number of hydrogen-bond donors (Lipinski definition) is 1. The second kappa shape index (κ2) is 14.4. The highest BCUT2D eigenvalue weighted by Gasteiger charge is 2.44. The first kappa shape index (κ1) is 36.1. The van der Waals surface area contributed by atoms with Crippen molar-refractivity contribution in [2.45, 2.75) is 76.2 Å². The fourth-order valence-corrected chi connectivity index (χ4v) is 11.3. The van der Waals surface area contributed by atoms with Gasteiger partial charge < -0.3 is 14.4 Å². The number of amides is 2. The molecule has 2 bridgehead atoms. The zero-order valence-electron chi connectivity index (χ0n) is 30.4. The van der Waals surface area contributed by atoms with E-state index in [4.69, 9.17) is 21.1 Å². The Balaban J connectivity index is 1.18. The number of carbonyl (C=O) groups excluding carboxylic acids is 3. The lowest BCUT2D eigenvalue weighted by Gasteiger charge is -2.46. The number of nitrogens with zero attached hydrogens (tertiary/aromatic N) is 3. The van der Waals surface area contributed by atoms with Crippen molar-refractivity contribution in [1.29, 1.82) is 0 Å². The molecule has 4 heterocycles. The van der Waals surface area contributed by atoms with Crippen LogP contribution in [0, 0.1) is 17.8 Å². The van der Waals surface area contributed by atoms with Crippen molar-refractivity contribution >= 4 is 44.9 Å². The van der Waals surface area contributed by atoms with Gasteiger partial charge in [0.05, 0.1) is 29.7 Å². The molecule has 3 aromatic rings. The number of nitrogens with one attached hydrogen (secondary N) is 1. The number of hydrogen-bond acceptors (Lipinski definition) is 7. The van der Waals surface area contributed by atoms with E-state index in [0.29, 0.717) is 56.4 Å². The molecule has 1 fully saturated rings. The summed E-state index contributed by atoms with van der Waals surface area (Å²) < 4.78 is 35.8. The van der Waals surface area contributed by atoms with Crippen molar-refractivity contribution in [2.75, 3.05) is 37.5 Å². The van der Waals surface area contributed by atoms with E-state index in [9.17, 15) is 18.6 Å². The SMILES string of the molecule is CO[C@H]1/C=C/C[C@H](C)C[S@@](=O)(NC(=O)c2cc3n(c2)C(=O)CCC3)=NC(=O)c2ccc3c(c2)N(C[C@@H]2CC[C@H]21)C[C@@]1(CCCc2cc(Cl)ccc21)CO3. The molecule has 1 spiro atoms. The van der Waals surface area contributed by atoms with Crippen LogP contribution >= 0.6 is 11.6 Å². The number of aromatic nitrogens is 1. The zero-order chi connectivity index (χ0) is 36.9. The highest BCUT2D eigenvalue weighted by molar-refractivity contribution is 7.92. The third-order valence-corrected chi connectivity index (χ3v) is 14.2. The van der Waals surface area contributed by atoms with Gasteiger partial charge in [0.15, 0.2) is 0 Å². The maximum atomic E-state index is 14.7. The van der Waals surface area contributed by atoms with Crippen molar-refractivity contribution in [2.24, 2.45) is 22.1 Å². The average Bonchev–Trinajstić information content (AvgIpc) is 3.51. The molecular formula is C41H47ClN4O6S. The van der Waals surface area contributed by atoms with Gasteiger partial charge in [0.1, 0.15) is 15.7 Å². The van der Waals surface area contributed by atoms with Crippen molar-refractivity contribution < 1.29 is 28.1 Å². The first-order valence-corrected chi connectivity index (χ1v) is 21.0. The van der Waals surface area contributed by atoms with Gasteiger partial charge in [-0.1, -0.05) is 36.7 Å². The number of allylic oxidation sites excluding steroid dienone is 1. The van der Waals surface area contributed by atoms with E-state index in [1.807, 2.05) is 25.1 Å². The van der Waals surface area contributed by atoms with E-state index in [-0.39, 0.29) is 40.2 Å². The summed E-state index contributed by atoms with van der Waals surface area (Å²) in [5.74, 6) is -0.199. The van der Waals surface area contributed by atoms with Crippen LogP contribution in [0.15, 0.2) is 65.2 Å². The van der Waals surface area contributed by atoms with Gasteiger partial charge in [-0.25, -0.2) is 4.21 Å². The highest BCUT2D eigenvalue weighted by atomic mass is 35.5. The minimum absolute atomic E-state index is 0.0306. The summed E-state index contributed by atoms with van der Waals surface area (Å²) in [7, 11) is -1.84. The second-order valence-corrected chi connectivity index (χ2v) is 18.2. The molecule has 8 rings (SSSR count). The third kappa shape index (κ3) is 7.08. The molecule has 2 aromatic carbocycles. The van der Waals surface area contributed by atoms with Gasteiger partial charge in [-0.3, -0.25) is 23.7 Å². The molecule has 2 aliphatic carbocycles. The largest absolute Gasteiger partial charge is 0.490 e. The van der Waals surface area contributed by atoms with Crippen LogP contribution in [0.5, 0.6) is 5.75 Å². The molecule has 1 N–H and O–H groups in total. The average molecular weight is 759 g/mol. The van der Waals surface area contributed by atoms with E-state index in [2.05, 4.69) is 38.3 Å². The summed E-state index contributed by atoms with van der Waals surface area (Å²) >= 11 is 6.46. The number of methoxy groups -OCH3 is 1. The Labute approximate surface area is 316 Å². The number of benzene rings is 2. The van der Waals surface area contributed by atoms with Gasteiger partial charge in [-0.2, -0.15) is 0 Å². The monoisotopic (exact) mass is 758 g/mol. The van der Waals surface area contributed by atoms with E-state index in [1.54, 1.807) is 19.2 Å². The molecule has 0 unspecified atom stereocenters. The first-order chi connectivity index (χ1) is 25.5. The molecule has 53 heavy (non-hydrogen) atoms. The van der Waals surface area contributed by atoms with Crippen LogP contribution < -0.4 is 14.4 Å². The molecule has 280 valence electrons. The normalized spacial score (nSPS) is 30.4. The fourth-order valence-electron chi connectivity index (χ4n) is 9.17. The van der Waals surface area contributed by atoms with E-state index in [1.165, 1.54) is 21.9 Å². The standard InChI is InChI=1S/C41H47ClN4O6S/c1-26-6-3-9-36(51-2)33-14-11-29(33)21-45-24-41(17-5-7-27-18-31(42)13-15-34(27)41)25-52-37-16-12-28(20-35(37)45)39(48)43-53(50,23-26)44-40(49)30-19-32-8-4-10-38(47)46(32)22-30/h3,9,12-13,15-16,18-20,22,26,29,33,36H,4-8,10-11,14,17,21,23-25H2,1-2H3,(H,43,44,48,49,50)/b9-3+/t26-,29-,33+,36-,41-,53-/m0/s1. The molecular weight excluding hydrogens is 712 g/mol. The van der Waals surface area contributed by atoms with Crippen LogP contribution in [-0.2, 0) is 32.9 Å². The number of anilines is 1. The number of rotatable bonds is 3.